The quantitative estimate of drug-likeness (QED) is 0.789. The second-order valence-electron chi connectivity index (χ2n) is 8.88. The van der Waals surface area contributed by atoms with Gasteiger partial charge in [0, 0.05) is 36.7 Å². The predicted octanol–water partition coefficient (Wildman–Crippen LogP) is 1.60. The van der Waals surface area contributed by atoms with Crippen molar-refractivity contribution in [1.82, 2.24) is 4.90 Å². The minimum atomic E-state index is -0.642. The largest absolute Gasteiger partial charge is 0.504 e. The topological polar surface area (TPSA) is 62.2 Å². The number of phenolic OH excluding ortho intramolecular Hbond substituents is 1. The van der Waals surface area contributed by atoms with Crippen LogP contribution < -0.4 is 4.74 Å². The molecule has 138 valence electrons. The van der Waals surface area contributed by atoms with Gasteiger partial charge in [-0.15, -0.1) is 0 Å². The molecule has 1 aromatic rings. The van der Waals surface area contributed by atoms with Crippen molar-refractivity contribution in [3.63, 3.8) is 0 Å². The first-order valence-corrected chi connectivity index (χ1v) is 9.63. The molecule has 0 radical (unpaired) electrons. The maximum atomic E-state index is 10.6. The summed E-state index contributed by atoms with van der Waals surface area (Å²) >= 11 is 0. The van der Waals surface area contributed by atoms with Gasteiger partial charge in [0.1, 0.15) is 11.7 Å². The molecule has 1 saturated heterocycles. The monoisotopic (exact) mass is 355 g/mol. The highest BCUT2D eigenvalue weighted by atomic mass is 16.6. The van der Waals surface area contributed by atoms with Crippen LogP contribution in [0.1, 0.15) is 24.0 Å². The molecule has 7 rings (SSSR count). The molecule has 1 aromatic carbocycles. The Kier molecular flexibility index (Phi) is 2.66. The fraction of sp³-hybridized carbons (Fsp3) is 0.619. The van der Waals surface area contributed by atoms with Gasteiger partial charge in [-0.25, -0.2) is 0 Å². The Bertz CT molecular complexity index is 853. The Labute approximate surface area is 153 Å². The van der Waals surface area contributed by atoms with Gasteiger partial charge in [0.2, 0.25) is 0 Å². The normalized spacial score (nSPS) is 47.0. The average molecular weight is 355 g/mol. The minimum absolute atomic E-state index is 0.00244. The van der Waals surface area contributed by atoms with Crippen molar-refractivity contribution in [2.45, 2.75) is 42.4 Å². The Morgan fingerprint density at radius 3 is 2.96 bits per heavy atom. The van der Waals surface area contributed by atoms with Crippen LogP contribution in [0.25, 0.3) is 0 Å². The zero-order valence-corrected chi connectivity index (χ0v) is 15.2. The number of aromatic hydroxyl groups is 1. The second-order valence-corrected chi connectivity index (χ2v) is 8.88. The van der Waals surface area contributed by atoms with E-state index in [1.165, 1.54) is 11.1 Å². The summed E-state index contributed by atoms with van der Waals surface area (Å²) in [5.74, 6) is 0.887. The van der Waals surface area contributed by atoms with Crippen LogP contribution in [0.4, 0.5) is 0 Å². The maximum Gasteiger partial charge on any atom is 0.165 e. The molecule has 5 nitrogen and oxygen atoms in total. The molecule has 1 saturated carbocycles. The van der Waals surface area contributed by atoms with Crippen molar-refractivity contribution in [1.29, 1.82) is 0 Å². The van der Waals surface area contributed by atoms with E-state index < -0.39 is 5.60 Å². The number of rotatable bonds is 2. The lowest BCUT2D eigenvalue weighted by Gasteiger charge is -2.71. The first-order chi connectivity index (χ1) is 12.5. The van der Waals surface area contributed by atoms with Crippen LogP contribution in [0.15, 0.2) is 24.3 Å². The SMILES string of the molecule is CO[C@@]12C=C[C@@]3(C[C@H]1CO)[C@H]1Cc4ccc(O)c5c4[C@@]3(CCN1C)[C@@H]2O5. The number of nitrogens with zero attached hydrogens (tertiary/aromatic N) is 1. The van der Waals surface area contributed by atoms with E-state index in [9.17, 15) is 10.2 Å². The number of aliphatic hydroxyl groups is 1. The summed E-state index contributed by atoms with van der Waals surface area (Å²) in [5.41, 5.74) is 1.62. The highest BCUT2D eigenvalue weighted by Crippen LogP contribution is 2.74. The van der Waals surface area contributed by atoms with E-state index in [-0.39, 0.29) is 35.2 Å². The molecule has 6 aliphatic rings. The van der Waals surface area contributed by atoms with Crippen LogP contribution in [0.5, 0.6) is 11.5 Å². The molecule has 2 spiro atoms. The van der Waals surface area contributed by atoms with Gasteiger partial charge in [-0.05, 0) is 44.5 Å². The number of benzene rings is 1. The predicted molar refractivity (Wildman–Crippen MR) is 95.4 cm³/mol. The molecule has 5 heteroatoms. The van der Waals surface area contributed by atoms with Gasteiger partial charge in [0.05, 0.1) is 5.41 Å². The lowest BCUT2D eigenvalue weighted by Crippen LogP contribution is -2.79. The lowest BCUT2D eigenvalue weighted by atomic mass is 9.37. The number of methoxy groups -OCH3 is 1. The molecule has 4 aliphatic carbocycles. The number of ether oxygens (including phenoxy) is 2. The number of aliphatic hydroxyl groups excluding tert-OH is 1. The molecular weight excluding hydrogens is 330 g/mol. The summed E-state index contributed by atoms with van der Waals surface area (Å²) in [5, 5.41) is 20.8. The standard InChI is InChI=1S/C21H25NO4/c1-22-8-7-20-16-12-3-4-14(24)17(16)26-18(20)21(25-2)6-5-19(20,15(22)9-12)10-13(21)11-23/h3-6,13,15,18,23-24H,7-11H2,1-2H3/t13-,15+,18-,19+,20-,21-/m0/s1. The summed E-state index contributed by atoms with van der Waals surface area (Å²) < 4.78 is 12.7. The number of likely N-dealkylation sites (N-methyl/N-ethyl adjacent to an activating group) is 1. The van der Waals surface area contributed by atoms with Crippen LogP contribution in [0.2, 0.25) is 0 Å². The number of hydrogen-bond donors (Lipinski definition) is 2. The maximum absolute atomic E-state index is 10.6. The van der Waals surface area contributed by atoms with E-state index in [0.29, 0.717) is 11.8 Å². The Hall–Kier alpha value is -1.56. The van der Waals surface area contributed by atoms with Crippen LogP contribution in [-0.4, -0.2) is 60.2 Å². The Balaban J connectivity index is 1.73. The van der Waals surface area contributed by atoms with E-state index in [0.717, 1.165) is 25.8 Å². The van der Waals surface area contributed by atoms with Crippen molar-refractivity contribution in [2.75, 3.05) is 27.3 Å². The Morgan fingerprint density at radius 2 is 2.19 bits per heavy atom. The van der Waals surface area contributed by atoms with E-state index >= 15 is 0 Å². The third-order valence-electron chi connectivity index (χ3n) is 8.43. The third kappa shape index (κ3) is 1.29. The van der Waals surface area contributed by atoms with Crippen LogP contribution >= 0.6 is 0 Å². The van der Waals surface area contributed by atoms with E-state index in [1.54, 1.807) is 13.2 Å². The molecule has 0 unspecified atom stereocenters. The van der Waals surface area contributed by atoms with Crippen LogP contribution in [0.3, 0.4) is 0 Å². The van der Waals surface area contributed by atoms with Crippen molar-refractivity contribution in [3.05, 3.63) is 35.4 Å². The number of fused-ring (bicyclic) bond motifs is 1. The van der Waals surface area contributed by atoms with Crippen molar-refractivity contribution >= 4 is 0 Å². The van der Waals surface area contributed by atoms with Gasteiger partial charge in [-0.1, -0.05) is 18.2 Å². The third-order valence-corrected chi connectivity index (χ3v) is 8.43. The molecule has 0 aromatic heterocycles. The van der Waals surface area contributed by atoms with Gasteiger partial charge in [0.25, 0.3) is 0 Å². The molecule has 6 atom stereocenters. The first kappa shape index (κ1) is 15.5. The molecule has 2 N–H and O–H groups in total. The van der Waals surface area contributed by atoms with Gasteiger partial charge in [-0.2, -0.15) is 0 Å². The van der Waals surface area contributed by atoms with Crippen molar-refractivity contribution < 1.29 is 19.7 Å². The van der Waals surface area contributed by atoms with Crippen LogP contribution in [0, 0.1) is 11.3 Å². The molecule has 2 heterocycles. The molecule has 26 heavy (non-hydrogen) atoms. The fourth-order valence-electron chi connectivity index (χ4n) is 7.41. The van der Waals surface area contributed by atoms with E-state index in [1.807, 2.05) is 0 Å². The highest BCUT2D eigenvalue weighted by Gasteiger charge is 2.78. The molecule has 2 aliphatic heterocycles. The van der Waals surface area contributed by atoms with E-state index in [2.05, 4.69) is 30.2 Å². The molecule has 0 amide bonds. The zero-order chi connectivity index (χ0) is 17.9. The first-order valence-electron chi connectivity index (χ1n) is 9.63. The smallest absolute Gasteiger partial charge is 0.165 e. The van der Waals surface area contributed by atoms with Gasteiger partial charge in [0.15, 0.2) is 11.5 Å². The summed E-state index contributed by atoms with van der Waals surface area (Å²) in [4.78, 5) is 2.49. The lowest BCUT2D eigenvalue weighted by molar-refractivity contribution is -0.219. The fourth-order valence-corrected chi connectivity index (χ4v) is 7.41. The summed E-state index contributed by atoms with van der Waals surface area (Å²) in [6, 6.07) is 4.23. The highest BCUT2D eigenvalue weighted by molar-refractivity contribution is 5.65. The summed E-state index contributed by atoms with van der Waals surface area (Å²) in [7, 11) is 3.95. The van der Waals surface area contributed by atoms with Gasteiger partial charge >= 0.3 is 0 Å². The number of likely N-dealkylation sites (tertiary alicyclic amines) is 1. The Morgan fingerprint density at radius 1 is 1.35 bits per heavy atom. The number of hydrogen-bond acceptors (Lipinski definition) is 5. The number of piperidine rings is 1. The van der Waals surface area contributed by atoms with Gasteiger partial charge in [-0.3, -0.25) is 0 Å². The van der Waals surface area contributed by atoms with Crippen molar-refractivity contribution in [2.24, 2.45) is 11.3 Å². The molecule has 4 bridgehead atoms. The summed E-state index contributed by atoms with van der Waals surface area (Å²) in [6.45, 7) is 1.10. The minimum Gasteiger partial charge on any atom is -0.504 e. The second kappa shape index (κ2) is 4.46. The van der Waals surface area contributed by atoms with Crippen molar-refractivity contribution in [3.8, 4) is 11.5 Å². The summed E-state index contributed by atoms with van der Waals surface area (Å²) in [6.07, 6.45) is 7.19. The number of phenols is 1. The van der Waals surface area contributed by atoms with Gasteiger partial charge < -0.3 is 24.6 Å². The molecular formula is C21H25NO4. The van der Waals surface area contributed by atoms with E-state index in [4.69, 9.17) is 9.47 Å². The zero-order valence-electron chi connectivity index (χ0n) is 15.2. The van der Waals surface area contributed by atoms with Crippen LogP contribution in [-0.2, 0) is 16.6 Å². The average Bonchev–Trinajstić information content (AvgIpc) is 3.03. The molecule has 2 fully saturated rings.